The molecule has 0 fully saturated rings. The summed E-state index contributed by atoms with van der Waals surface area (Å²) in [5, 5.41) is 14.3. The number of carbonyl (C=O) groups is 1. The number of hydrogen-bond donors (Lipinski definition) is 1. The van der Waals surface area contributed by atoms with Gasteiger partial charge in [-0.3, -0.25) is 4.79 Å². The molecule has 0 aliphatic heterocycles. The van der Waals surface area contributed by atoms with Crippen molar-refractivity contribution in [3.05, 3.63) is 45.9 Å². The Hall–Kier alpha value is -2.39. The SMILES string of the molecule is Cc1csc(CNC(=O)C(C)Oc2ccc(C#N)cc2)n1. The van der Waals surface area contributed by atoms with E-state index in [9.17, 15) is 4.79 Å². The van der Waals surface area contributed by atoms with Crippen molar-refractivity contribution in [3.63, 3.8) is 0 Å². The van der Waals surface area contributed by atoms with Crippen molar-refractivity contribution < 1.29 is 9.53 Å². The Labute approximate surface area is 127 Å². The Morgan fingerprint density at radius 3 is 2.76 bits per heavy atom. The maximum atomic E-state index is 11.9. The second kappa shape index (κ2) is 6.86. The number of aryl methyl sites for hydroxylation is 1. The van der Waals surface area contributed by atoms with Crippen LogP contribution in [-0.2, 0) is 11.3 Å². The fourth-order valence-corrected chi connectivity index (χ4v) is 2.37. The van der Waals surface area contributed by atoms with Crippen LogP contribution in [-0.4, -0.2) is 17.0 Å². The van der Waals surface area contributed by atoms with E-state index in [1.54, 1.807) is 31.2 Å². The highest BCUT2D eigenvalue weighted by Crippen LogP contribution is 2.14. The first kappa shape index (κ1) is 15.0. The van der Waals surface area contributed by atoms with Crippen molar-refractivity contribution in [2.24, 2.45) is 0 Å². The van der Waals surface area contributed by atoms with Crippen LogP contribution >= 0.6 is 11.3 Å². The Kier molecular flexibility index (Phi) is 4.90. The zero-order valence-electron chi connectivity index (χ0n) is 11.8. The quantitative estimate of drug-likeness (QED) is 0.920. The molecule has 1 N–H and O–H groups in total. The maximum absolute atomic E-state index is 11.9. The molecule has 0 aliphatic rings. The monoisotopic (exact) mass is 301 g/mol. The highest BCUT2D eigenvalue weighted by atomic mass is 32.1. The van der Waals surface area contributed by atoms with E-state index in [1.807, 2.05) is 18.4 Å². The molecule has 0 radical (unpaired) electrons. The third kappa shape index (κ3) is 4.29. The number of hydrogen-bond acceptors (Lipinski definition) is 5. The van der Waals surface area contributed by atoms with Gasteiger partial charge in [-0.2, -0.15) is 5.26 Å². The van der Waals surface area contributed by atoms with E-state index in [-0.39, 0.29) is 5.91 Å². The zero-order chi connectivity index (χ0) is 15.2. The molecular weight excluding hydrogens is 286 g/mol. The normalized spacial score (nSPS) is 11.5. The van der Waals surface area contributed by atoms with Crippen molar-refractivity contribution in [3.8, 4) is 11.8 Å². The average molecular weight is 301 g/mol. The Morgan fingerprint density at radius 2 is 2.19 bits per heavy atom. The lowest BCUT2D eigenvalue weighted by Crippen LogP contribution is -2.35. The molecule has 0 aliphatic carbocycles. The lowest BCUT2D eigenvalue weighted by atomic mass is 10.2. The van der Waals surface area contributed by atoms with Crippen LogP contribution in [0, 0.1) is 18.3 Å². The van der Waals surface area contributed by atoms with Gasteiger partial charge in [0, 0.05) is 11.1 Å². The highest BCUT2D eigenvalue weighted by Gasteiger charge is 2.14. The van der Waals surface area contributed by atoms with E-state index in [2.05, 4.69) is 10.3 Å². The average Bonchev–Trinajstić information content (AvgIpc) is 2.91. The number of aromatic nitrogens is 1. The molecule has 0 saturated heterocycles. The number of benzene rings is 1. The molecule has 1 amide bonds. The van der Waals surface area contributed by atoms with Gasteiger partial charge < -0.3 is 10.1 Å². The van der Waals surface area contributed by atoms with Gasteiger partial charge in [-0.1, -0.05) is 0 Å². The maximum Gasteiger partial charge on any atom is 0.261 e. The van der Waals surface area contributed by atoms with Crippen molar-refractivity contribution >= 4 is 17.2 Å². The third-order valence-corrected chi connectivity index (χ3v) is 3.71. The first-order valence-corrected chi connectivity index (χ1v) is 7.32. The molecule has 1 atom stereocenters. The fourth-order valence-electron chi connectivity index (χ4n) is 1.66. The summed E-state index contributed by atoms with van der Waals surface area (Å²) in [5.41, 5.74) is 1.50. The van der Waals surface area contributed by atoms with Gasteiger partial charge in [0.2, 0.25) is 0 Å². The van der Waals surface area contributed by atoms with E-state index in [0.717, 1.165) is 10.7 Å². The summed E-state index contributed by atoms with van der Waals surface area (Å²) in [7, 11) is 0. The molecule has 0 bridgehead atoms. The summed E-state index contributed by atoms with van der Waals surface area (Å²) >= 11 is 1.51. The zero-order valence-corrected chi connectivity index (χ0v) is 12.6. The number of amides is 1. The van der Waals surface area contributed by atoms with Crippen LogP contribution in [0.4, 0.5) is 0 Å². The van der Waals surface area contributed by atoms with Gasteiger partial charge in [-0.05, 0) is 38.1 Å². The fraction of sp³-hybridized carbons (Fsp3) is 0.267. The van der Waals surface area contributed by atoms with E-state index >= 15 is 0 Å². The van der Waals surface area contributed by atoms with Crippen LogP contribution in [0.5, 0.6) is 5.75 Å². The molecule has 6 heteroatoms. The summed E-state index contributed by atoms with van der Waals surface area (Å²) in [4.78, 5) is 16.2. The van der Waals surface area contributed by atoms with Crippen LogP contribution in [0.25, 0.3) is 0 Å². The number of nitriles is 1. The predicted molar refractivity (Wildman–Crippen MR) is 79.9 cm³/mol. The van der Waals surface area contributed by atoms with Crippen LogP contribution < -0.4 is 10.1 Å². The molecule has 1 aromatic heterocycles. The van der Waals surface area contributed by atoms with Crippen LogP contribution in [0.1, 0.15) is 23.2 Å². The molecule has 1 aromatic carbocycles. The van der Waals surface area contributed by atoms with E-state index in [0.29, 0.717) is 17.9 Å². The standard InChI is InChI=1S/C15H15N3O2S/c1-10-9-21-14(18-10)8-17-15(19)11(2)20-13-5-3-12(7-16)4-6-13/h3-6,9,11H,8H2,1-2H3,(H,17,19). The molecule has 2 rings (SSSR count). The topological polar surface area (TPSA) is 75.0 Å². The van der Waals surface area contributed by atoms with Gasteiger partial charge in [0.1, 0.15) is 10.8 Å². The second-order valence-corrected chi connectivity index (χ2v) is 5.44. The summed E-state index contributed by atoms with van der Waals surface area (Å²) in [6, 6.07) is 8.68. The summed E-state index contributed by atoms with van der Waals surface area (Å²) < 4.78 is 5.53. The van der Waals surface area contributed by atoms with Crippen LogP contribution in [0.3, 0.4) is 0 Å². The first-order chi connectivity index (χ1) is 10.1. The van der Waals surface area contributed by atoms with Gasteiger partial charge in [-0.25, -0.2) is 4.98 Å². The van der Waals surface area contributed by atoms with E-state index in [1.165, 1.54) is 11.3 Å². The third-order valence-electron chi connectivity index (χ3n) is 2.75. The number of carbonyl (C=O) groups excluding carboxylic acids is 1. The molecule has 2 aromatic rings. The number of rotatable bonds is 5. The van der Waals surface area contributed by atoms with Gasteiger partial charge in [0.25, 0.3) is 5.91 Å². The van der Waals surface area contributed by atoms with Gasteiger partial charge in [0.05, 0.1) is 18.2 Å². The molecule has 0 spiro atoms. The van der Waals surface area contributed by atoms with E-state index < -0.39 is 6.10 Å². The molecule has 108 valence electrons. The minimum Gasteiger partial charge on any atom is -0.481 e. The Bertz CT molecular complexity index is 658. The Balaban J connectivity index is 1.85. The minimum atomic E-state index is -0.612. The van der Waals surface area contributed by atoms with Crippen molar-refractivity contribution in [1.82, 2.24) is 10.3 Å². The lowest BCUT2D eigenvalue weighted by molar-refractivity contribution is -0.127. The van der Waals surface area contributed by atoms with Gasteiger partial charge in [-0.15, -0.1) is 11.3 Å². The first-order valence-electron chi connectivity index (χ1n) is 6.44. The molecule has 5 nitrogen and oxygen atoms in total. The van der Waals surface area contributed by atoms with Crippen LogP contribution in [0.15, 0.2) is 29.6 Å². The number of nitrogens with one attached hydrogen (secondary N) is 1. The highest BCUT2D eigenvalue weighted by molar-refractivity contribution is 7.09. The van der Waals surface area contributed by atoms with Crippen LogP contribution in [0.2, 0.25) is 0 Å². The van der Waals surface area contributed by atoms with Gasteiger partial charge >= 0.3 is 0 Å². The molecule has 1 unspecified atom stereocenters. The summed E-state index contributed by atoms with van der Waals surface area (Å²) in [5.74, 6) is 0.356. The molecule has 21 heavy (non-hydrogen) atoms. The Morgan fingerprint density at radius 1 is 1.48 bits per heavy atom. The summed E-state index contributed by atoms with van der Waals surface area (Å²) in [6.45, 7) is 4.00. The number of ether oxygens (including phenoxy) is 1. The summed E-state index contributed by atoms with van der Waals surface area (Å²) in [6.07, 6.45) is -0.612. The number of nitrogens with zero attached hydrogens (tertiary/aromatic N) is 2. The predicted octanol–water partition coefficient (Wildman–Crippen LogP) is 2.41. The second-order valence-electron chi connectivity index (χ2n) is 4.50. The number of thiazole rings is 1. The largest absolute Gasteiger partial charge is 0.481 e. The van der Waals surface area contributed by atoms with Crippen molar-refractivity contribution in [2.75, 3.05) is 0 Å². The van der Waals surface area contributed by atoms with Crippen molar-refractivity contribution in [2.45, 2.75) is 26.5 Å². The molecular formula is C15H15N3O2S. The van der Waals surface area contributed by atoms with Crippen molar-refractivity contribution in [1.29, 1.82) is 5.26 Å². The molecule has 1 heterocycles. The molecule has 0 saturated carbocycles. The minimum absolute atomic E-state index is 0.202. The smallest absolute Gasteiger partial charge is 0.261 e. The van der Waals surface area contributed by atoms with Gasteiger partial charge in [0.15, 0.2) is 6.10 Å². The van der Waals surface area contributed by atoms with E-state index in [4.69, 9.17) is 10.00 Å². The lowest BCUT2D eigenvalue weighted by Gasteiger charge is -2.14.